The summed E-state index contributed by atoms with van der Waals surface area (Å²) in [6.07, 6.45) is 0. The zero-order valence-electron chi connectivity index (χ0n) is 24.7. The van der Waals surface area contributed by atoms with Gasteiger partial charge in [-0.25, -0.2) is 0 Å². The standard InChI is InChI=1S/C41H25N3O/c1-41(2)34-12-5-3-9-28(34)30-16-17-31-33-21-25(15-19-37(33)45-40(31)38(30)41)27-11-7-8-26(23-43)39(27)44-35-13-6-4-10-29(35)32-20-24(22-42)14-18-36(32)44/h3-21H,1-2H3. The van der Waals surface area contributed by atoms with Crippen LogP contribution in [0.1, 0.15) is 36.1 Å². The summed E-state index contributed by atoms with van der Waals surface area (Å²) in [6.45, 7) is 4.56. The molecule has 0 amide bonds. The van der Waals surface area contributed by atoms with Crippen LogP contribution in [0.2, 0.25) is 0 Å². The van der Waals surface area contributed by atoms with Crippen molar-refractivity contribution in [2.45, 2.75) is 19.3 Å². The van der Waals surface area contributed by atoms with E-state index in [0.717, 1.165) is 60.6 Å². The highest BCUT2D eigenvalue weighted by molar-refractivity contribution is 6.12. The lowest BCUT2D eigenvalue weighted by atomic mass is 9.82. The van der Waals surface area contributed by atoms with Crippen molar-refractivity contribution in [3.8, 4) is 40.1 Å². The quantitative estimate of drug-likeness (QED) is 0.206. The molecule has 0 spiro atoms. The Labute approximate surface area is 259 Å². The Balaban J connectivity index is 1.32. The van der Waals surface area contributed by atoms with E-state index in [-0.39, 0.29) is 5.41 Å². The molecule has 0 N–H and O–H groups in total. The van der Waals surface area contributed by atoms with Crippen molar-refractivity contribution in [2.24, 2.45) is 0 Å². The molecule has 0 saturated heterocycles. The predicted octanol–water partition coefficient (Wildman–Crippen LogP) is 10.4. The number of hydrogen-bond donors (Lipinski definition) is 0. The predicted molar refractivity (Wildman–Crippen MR) is 180 cm³/mol. The van der Waals surface area contributed by atoms with E-state index in [1.165, 1.54) is 22.3 Å². The third-order valence-corrected chi connectivity index (χ3v) is 9.65. The molecule has 0 unspecified atom stereocenters. The monoisotopic (exact) mass is 575 g/mol. The second kappa shape index (κ2) is 8.96. The second-order valence-corrected chi connectivity index (χ2v) is 12.4. The molecular formula is C41H25N3O. The molecule has 1 aliphatic carbocycles. The number of nitrogens with zero attached hydrogens (tertiary/aromatic N) is 3. The number of aromatic nitrogens is 1. The molecule has 4 nitrogen and oxygen atoms in total. The third kappa shape index (κ3) is 3.34. The van der Waals surface area contributed by atoms with Gasteiger partial charge in [0.2, 0.25) is 0 Å². The topological polar surface area (TPSA) is 65.7 Å². The van der Waals surface area contributed by atoms with Gasteiger partial charge in [-0.3, -0.25) is 0 Å². The zero-order valence-corrected chi connectivity index (χ0v) is 24.7. The average molecular weight is 576 g/mol. The highest BCUT2D eigenvalue weighted by atomic mass is 16.3. The highest BCUT2D eigenvalue weighted by Gasteiger charge is 2.38. The zero-order chi connectivity index (χ0) is 30.4. The minimum absolute atomic E-state index is 0.182. The molecule has 0 atom stereocenters. The van der Waals surface area contributed by atoms with Gasteiger partial charge in [0, 0.05) is 38.1 Å². The van der Waals surface area contributed by atoms with E-state index in [1.807, 2.05) is 42.5 Å². The smallest absolute Gasteiger partial charge is 0.140 e. The maximum absolute atomic E-state index is 10.4. The van der Waals surface area contributed by atoms with Crippen LogP contribution in [0.15, 0.2) is 120 Å². The number of benzene rings is 6. The van der Waals surface area contributed by atoms with Gasteiger partial charge in [0.15, 0.2) is 0 Å². The van der Waals surface area contributed by atoms with Crippen LogP contribution in [0.3, 0.4) is 0 Å². The molecule has 0 aliphatic heterocycles. The number of fused-ring (bicyclic) bond motifs is 10. The molecule has 4 heteroatoms. The largest absolute Gasteiger partial charge is 0.456 e. The molecule has 0 saturated carbocycles. The molecule has 8 aromatic rings. The summed E-state index contributed by atoms with van der Waals surface area (Å²) in [4.78, 5) is 0. The molecule has 0 fully saturated rings. The van der Waals surface area contributed by atoms with Crippen LogP contribution in [0.5, 0.6) is 0 Å². The Morgan fingerprint density at radius 1 is 0.622 bits per heavy atom. The lowest BCUT2D eigenvalue weighted by Gasteiger charge is -2.21. The molecule has 2 heterocycles. The molecule has 9 rings (SSSR count). The Bertz CT molecular complexity index is 2650. The van der Waals surface area contributed by atoms with E-state index in [1.54, 1.807) is 0 Å². The van der Waals surface area contributed by atoms with Crippen molar-refractivity contribution in [1.82, 2.24) is 4.57 Å². The number of para-hydroxylation sites is 2. The van der Waals surface area contributed by atoms with Crippen molar-refractivity contribution in [1.29, 1.82) is 10.5 Å². The fourth-order valence-corrected chi connectivity index (χ4v) is 7.64. The number of rotatable bonds is 2. The van der Waals surface area contributed by atoms with Gasteiger partial charge in [-0.2, -0.15) is 10.5 Å². The van der Waals surface area contributed by atoms with Gasteiger partial charge in [0.25, 0.3) is 0 Å². The minimum Gasteiger partial charge on any atom is -0.456 e. The number of hydrogen-bond acceptors (Lipinski definition) is 3. The summed E-state index contributed by atoms with van der Waals surface area (Å²) in [5, 5.41) is 24.2. The average Bonchev–Trinajstić information content (AvgIpc) is 3.69. The van der Waals surface area contributed by atoms with E-state index in [4.69, 9.17) is 4.42 Å². The van der Waals surface area contributed by atoms with Crippen LogP contribution in [0, 0.1) is 22.7 Å². The number of furan rings is 1. The van der Waals surface area contributed by atoms with E-state index in [2.05, 4.69) is 103 Å². The molecule has 6 aromatic carbocycles. The summed E-state index contributed by atoms with van der Waals surface area (Å²) in [7, 11) is 0. The molecule has 2 aromatic heterocycles. The fraction of sp³-hybridized carbons (Fsp3) is 0.0732. The van der Waals surface area contributed by atoms with Gasteiger partial charge in [-0.15, -0.1) is 0 Å². The van der Waals surface area contributed by atoms with Gasteiger partial charge in [-0.05, 0) is 70.8 Å². The molecule has 0 radical (unpaired) electrons. The van der Waals surface area contributed by atoms with Gasteiger partial charge < -0.3 is 8.98 Å². The first-order chi connectivity index (χ1) is 22.0. The second-order valence-electron chi connectivity index (χ2n) is 12.4. The normalized spacial score (nSPS) is 13.2. The Morgan fingerprint density at radius 2 is 1.42 bits per heavy atom. The maximum atomic E-state index is 10.4. The van der Waals surface area contributed by atoms with Crippen molar-refractivity contribution in [3.63, 3.8) is 0 Å². The van der Waals surface area contributed by atoms with Gasteiger partial charge in [-0.1, -0.05) is 80.6 Å². The number of nitriles is 2. The van der Waals surface area contributed by atoms with Gasteiger partial charge in [0.1, 0.15) is 17.2 Å². The van der Waals surface area contributed by atoms with Crippen LogP contribution >= 0.6 is 0 Å². The van der Waals surface area contributed by atoms with Crippen molar-refractivity contribution >= 4 is 43.7 Å². The summed E-state index contributed by atoms with van der Waals surface area (Å²) in [6, 6.07) is 44.0. The molecule has 45 heavy (non-hydrogen) atoms. The van der Waals surface area contributed by atoms with Crippen LogP contribution in [-0.4, -0.2) is 4.57 Å². The van der Waals surface area contributed by atoms with Crippen LogP contribution in [0.4, 0.5) is 0 Å². The molecule has 1 aliphatic rings. The molecule has 0 bridgehead atoms. The van der Waals surface area contributed by atoms with Crippen molar-refractivity contribution < 1.29 is 4.42 Å². The molecule has 210 valence electrons. The molecular weight excluding hydrogens is 550 g/mol. The Morgan fingerprint density at radius 3 is 2.29 bits per heavy atom. The summed E-state index contributed by atoms with van der Waals surface area (Å²) in [5.74, 6) is 0. The minimum atomic E-state index is -0.182. The Hall–Kier alpha value is -6.10. The first-order valence-corrected chi connectivity index (χ1v) is 15.1. The first-order valence-electron chi connectivity index (χ1n) is 15.1. The first kappa shape index (κ1) is 25.4. The maximum Gasteiger partial charge on any atom is 0.140 e. The summed E-state index contributed by atoms with van der Waals surface area (Å²) >= 11 is 0. The summed E-state index contributed by atoms with van der Waals surface area (Å²) < 4.78 is 8.82. The van der Waals surface area contributed by atoms with Crippen LogP contribution in [-0.2, 0) is 5.41 Å². The van der Waals surface area contributed by atoms with Gasteiger partial charge in [0.05, 0.1) is 33.9 Å². The lowest BCUT2D eigenvalue weighted by Crippen LogP contribution is -2.15. The summed E-state index contributed by atoms with van der Waals surface area (Å²) in [5.41, 5.74) is 12.5. The van der Waals surface area contributed by atoms with Crippen LogP contribution < -0.4 is 0 Å². The fourth-order valence-electron chi connectivity index (χ4n) is 7.64. The lowest BCUT2D eigenvalue weighted by molar-refractivity contribution is 0.620. The SMILES string of the molecule is CC1(C)c2ccccc2-c2ccc3c(oc4ccc(-c5cccc(C#N)c5-n5c6ccccc6c6cc(C#N)ccc65)cc43)c21. The van der Waals surface area contributed by atoms with E-state index >= 15 is 0 Å². The van der Waals surface area contributed by atoms with Crippen molar-refractivity contribution in [3.05, 3.63) is 138 Å². The van der Waals surface area contributed by atoms with E-state index in [9.17, 15) is 10.5 Å². The van der Waals surface area contributed by atoms with Crippen LogP contribution in [0.25, 0.3) is 71.7 Å². The van der Waals surface area contributed by atoms with E-state index in [0.29, 0.717) is 11.1 Å². The van der Waals surface area contributed by atoms with Gasteiger partial charge >= 0.3 is 0 Å². The van der Waals surface area contributed by atoms with Crippen molar-refractivity contribution in [2.75, 3.05) is 0 Å². The Kier molecular flexibility index (Phi) is 5.06. The van der Waals surface area contributed by atoms with E-state index < -0.39 is 0 Å². The third-order valence-electron chi connectivity index (χ3n) is 9.65. The highest BCUT2D eigenvalue weighted by Crippen LogP contribution is 2.52.